The summed E-state index contributed by atoms with van der Waals surface area (Å²) >= 11 is 0. The maximum Gasteiger partial charge on any atom is 0.309 e. The third-order valence-corrected chi connectivity index (χ3v) is 3.75. The molecule has 0 aromatic rings. The van der Waals surface area contributed by atoms with E-state index in [1.807, 2.05) is 0 Å². The smallest absolute Gasteiger partial charge is 0.309 e. The lowest BCUT2D eigenvalue weighted by molar-refractivity contribution is -0.146. The first kappa shape index (κ1) is 14.6. The van der Waals surface area contributed by atoms with Crippen molar-refractivity contribution >= 4 is 11.8 Å². The molecule has 0 heterocycles. The summed E-state index contributed by atoms with van der Waals surface area (Å²) in [6, 6.07) is 0. The highest BCUT2D eigenvalue weighted by atomic mass is 16.5. The van der Waals surface area contributed by atoms with E-state index in [4.69, 9.17) is 4.74 Å². The van der Waals surface area contributed by atoms with Crippen molar-refractivity contribution in [3.63, 3.8) is 0 Å². The van der Waals surface area contributed by atoms with Crippen molar-refractivity contribution in [1.82, 2.24) is 0 Å². The number of carbonyl (C=O) groups excluding carboxylic acids is 2. The predicted octanol–water partition coefficient (Wildman–Crippen LogP) is 1.93. The molecule has 0 bridgehead atoms. The molecule has 100 valence electrons. The minimum absolute atomic E-state index is 0.0708. The summed E-state index contributed by atoms with van der Waals surface area (Å²) in [4.78, 5) is 23.5. The zero-order valence-corrected chi connectivity index (χ0v) is 11.6. The fourth-order valence-electron chi connectivity index (χ4n) is 2.21. The van der Waals surface area contributed by atoms with E-state index in [-0.39, 0.29) is 18.8 Å². The van der Waals surface area contributed by atoms with Crippen molar-refractivity contribution in [2.75, 3.05) is 6.61 Å². The number of allylic oxidation sites excluding steroid dienone is 2. The molecule has 0 aromatic heterocycles. The van der Waals surface area contributed by atoms with Crippen molar-refractivity contribution in [1.29, 1.82) is 0 Å². The van der Waals surface area contributed by atoms with Crippen molar-refractivity contribution in [2.45, 2.75) is 46.6 Å². The first-order chi connectivity index (χ1) is 8.25. The molecule has 0 saturated heterocycles. The lowest BCUT2D eigenvalue weighted by atomic mass is 9.74. The van der Waals surface area contributed by atoms with Gasteiger partial charge in [-0.15, -0.1) is 0 Å². The Morgan fingerprint density at radius 3 is 2.00 bits per heavy atom. The lowest BCUT2D eigenvalue weighted by Gasteiger charge is -2.35. The highest BCUT2D eigenvalue weighted by molar-refractivity contribution is 6.10. The summed E-state index contributed by atoms with van der Waals surface area (Å²) in [6.45, 7) is 8.70. The van der Waals surface area contributed by atoms with Gasteiger partial charge in [0.25, 0.3) is 0 Å². The van der Waals surface area contributed by atoms with Gasteiger partial charge >= 0.3 is 5.97 Å². The van der Waals surface area contributed by atoms with Gasteiger partial charge in [-0.05, 0) is 56.9 Å². The summed E-state index contributed by atoms with van der Waals surface area (Å²) in [6.07, 6.45) is -0.152. The molecule has 0 atom stereocenters. The van der Waals surface area contributed by atoms with Gasteiger partial charge in [0.2, 0.25) is 0 Å². The summed E-state index contributed by atoms with van der Waals surface area (Å²) in [5, 5.41) is 10.7. The average Bonchev–Trinajstić information content (AvgIpc) is 2.32. The van der Waals surface area contributed by atoms with Gasteiger partial charge in [-0.2, -0.15) is 0 Å². The van der Waals surface area contributed by atoms with Crippen LogP contribution in [0.2, 0.25) is 0 Å². The van der Waals surface area contributed by atoms with E-state index >= 15 is 0 Å². The number of esters is 1. The highest BCUT2D eigenvalue weighted by Crippen LogP contribution is 2.38. The third-order valence-electron chi connectivity index (χ3n) is 3.75. The van der Waals surface area contributed by atoms with E-state index < -0.39 is 11.6 Å². The Labute approximate surface area is 107 Å². The number of Topliss-reactive ketones (excluding diaryl/α,β-unsaturated/α-hetero) is 1. The largest absolute Gasteiger partial charge is 0.466 e. The lowest BCUT2D eigenvalue weighted by Crippen LogP contribution is -2.40. The maximum atomic E-state index is 11.9. The van der Waals surface area contributed by atoms with Crippen LogP contribution in [0.5, 0.6) is 0 Å². The Morgan fingerprint density at radius 2 is 1.61 bits per heavy atom. The van der Waals surface area contributed by atoms with Crippen LogP contribution in [-0.2, 0) is 14.3 Å². The molecule has 0 unspecified atom stereocenters. The van der Waals surface area contributed by atoms with Crippen LogP contribution < -0.4 is 0 Å². The fraction of sp³-hybridized carbons (Fsp3) is 0.571. The second-order valence-corrected chi connectivity index (χ2v) is 4.67. The number of aliphatic hydroxyl groups is 1. The predicted molar refractivity (Wildman–Crippen MR) is 68.0 cm³/mol. The van der Waals surface area contributed by atoms with Crippen molar-refractivity contribution < 1.29 is 19.4 Å². The van der Waals surface area contributed by atoms with Crippen LogP contribution in [0.25, 0.3) is 0 Å². The molecule has 18 heavy (non-hydrogen) atoms. The van der Waals surface area contributed by atoms with Gasteiger partial charge < -0.3 is 9.84 Å². The van der Waals surface area contributed by atoms with Crippen LogP contribution in [0.15, 0.2) is 22.3 Å². The minimum Gasteiger partial charge on any atom is -0.466 e. The zero-order valence-electron chi connectivity index (χ0n) is 11.6. The molecule has 0 amide bonds. The van der Waals surface area contributed by atoms with Gasteiger partial charge in [-0.25, -0.2) is 0 Å². The standard InChI is InChI=1S/C14H20O4/c1-6-18-12(15)7-14(17)10(4)8(2)13(16)9(3)11(14)5/h17H,6-7H2,1-5H3. The molecule has 0 saturated carbocycles. The average molecular weight is 252 g/mol. The molecule has 4 heteroatoms. The van der Waals surface area contributed by atoms with Crippen molar-refractivity contribution in [3.8, 4) is 0 Å². The Bertz CT molecular complexity index is 426. The van der Waals surface area contributed by atoms with Gasteiger partial charge in [-0.3, -0.25) is 9.59 Å². The van der Waals surface area contributed by atoms with Gasteiger partial charge in [0.1, 0.15) is 5.60 Å². The Hall–Kier alpha value is -1.42. The Kier molecular flexibility index (Phi) is 4.12. The summed E-state index contributed by atoms with van der Waals surface area (Å²) in [5.74, 6) is -0.535. The molecular weight excluding hydrogens is 232 g/mol. The zero-order chi connectivity index (χ0) is 14.1. The second-order valence-electron chi connectivity index (χ2n) is 4.67. The monoisotopic (exact) mass is 252 g/mol. The molecule has 0 radical (unpaired) electrons. The van der Waals surface area contributed by atoms with E-state index in [9.17, 15) is 14.7 Å². The van der Waals surface area contributed by atoms with E-state index in [1.54, 1.807) is 34.6 Å². The number of ketones is 1. The highest BCUT2D eigenvalue weighted by Gasteiger charge is 2.41. The summed E-state index contributed by atoms with van der Waals surface area (Å²) in [5.41, 5.74) is 0.677. The van der Waals surface area contributed by atoms with Crippen LogP contribution in [0.3, 0.4) is 0 Å². The van der Waals surface area contributed by atoms with Gasteiger partial charge in [0.15, 0.2) is 5.78 Å². The number of rotatable bonds is 3. The van der Waals surface area contributed by atoms with Crippen molar-refractivity contribution in [2.24, 2.45) is 0 Å². The van der Waals surface area contributed by atoms with Crippen LogP contribution >= 0.6 is 0 Å². The molecule has 1 aliphatic rings. The number of carbonyl (C=O) groups is 2. The number of ether oxygens (including phenoxy) is 1. The molecular formula is C14H20O4. The minimum atomic E-state index is -1.39. The Morgan fingerprint density at radius 1 is 1.17 bits per heavy atom. The maximum absolute atomic E-state index is 11.9. The van der Waals surface area contributed by atoms with E-state index in [1.165, 1.54) is 0 Å². The quantitative estimate of drug-likeness (QED) is 0.779. The fourth-order valence-corrected chi connectivity index (χ4v) is 2.21. The molecule has 4 nitrogen and oxygen atoms in total. The first-order valence-electron chi connectivity index (χ1n) is 6.04. The summed E-state index contributed by atoms with van der Waals surface area (Å²) < 4.78 is 4.87. The van der Waals surface area contributed by atoms with E-state index in [2.05, 4.69) is 0 Å². The molecule has 0 aromatic carbocycles. The summed E-state index contributed by atoms with van der Waals surface area (Å²) in [7, 11) is 0. The normalized spacial score (nSPS) is 19.3. The van der Waals surface area contributed by atoms with Crippen LogP contribution in [0.4, 0.5) is 0 Å². The van der Waals surface area contributed by atoms with E-state index in [0.717, 1.165) is 0 Å². The Balaban J connectivity index is 3.19. The number of hydrogen-bond acceptors (Lipinski definition) is 4. The van der Waals surface area contributed by atoms with Gasteiger partial charge in [-0.1, -0.05) is 0 Å². The van der Waals surface area contributed by atoms with Crippen LogP contribution in [0.1, 0.15) is 41.0 Å². The molecule has 1 rings (SSSR count). The third kappa shape index (κ3) is 2.25. The van der Waals surface area contributed by atoms with E-state index in [0.29, 0.717) is 22.3 Å². The number of hydrogen-bond donors (Lipinski definition) is 1. The van der Waals surface area contributed by atoms with Crippen molar-refractivity contribution in [3.05, 3.63) is 22.3 Å². The SMILES string of the molecule is CCOC(=O)CC1(O)C(C)=C(C)C(=O)C(C)=C1C. The van der Waals surface area contributed by atoms with Gasteiger partial charge in [0.05, 0.1) is 13.0 Å². The molecule has 0 aliphatic heterocycles. The topological polar surface area (TPSA) is 63.6 Å². The molecule has 1 aliphatic carbocycles. The molecule has 0 spiro atoms. The van der Waals surface area contributed by atoms with Gasteiger partial charge in [0, 0.05) is 0 Å². The molecule has 1 N–H and O–H groups in total. The van der Waals surface area contributed by atoms with Crippen LogP contribution in [0, 0.1) is 0 Å². The second kappa shape index (κ2) is 5.06. The molecule has 0 fully saturated rings. The van der Waals surface area contributed by atoms with Crippen LogP contribution in [-0.4, -0.2) is 29.1 Å². The first-order valence-corrected chi connectivity index (χ1v) is 6.04.